The number of benzene rings is 2. The predicted octanol–water partition coefficient (Wildman–Crippen LogP) is 2.55. The molecule has 0 aromatic heterocycles. The molecule has 154 valence electrons. The first-order chi connectivity index (χ1) is 14.7. The van der Waals surface area contributed by atoms with E-state index in [1.54, 1.807) is 40.9 Å². The van der Waals surface area contributed by atoms with Crippen molar-refractivity contribution in [1.82, 2.24) is 4.90 Å². The van der Waals surface area contributed by atoms with E-state index < -0.39 is 6.04 Å². The van der Waals surface area contributed by atoms with Crippen LogP contribution in [-0.2, 0) is 9.53 Å². The number of carbonyl (C=O) groups is 2. The van der Waals surface area contributed by atoms with Crippen LogP contribution < -0.4 is 10.2 Å². The molecule has 0 radical (unpaired) electrons. The van der Waals surface area contributed by atoms with E-state index in [0.717, 1.165) is 18.8 Å². The van der Waals surface area contributed by atoms with E-state index in [-0.39, 0.29) is 11.8 Å². The van der Waals surface area contributed by atoms with Crippen LogP contribution in [0.5, 0.6) is 0 Å². The fourth-order valence-electron chi connectivity index (χ4n) is 3.52. The lowest BCUT2D eigenvalue weighted by Crippen LogP contribution is -2.44. The quantitative estimate of drug-likeness (QED) is 0.815. The second-order valence-corrected chi connectivity index (χ2v) is 8.12. The molecule has 8 heteroatoms. The fourth-order valence-corrected chi connectivity index (χ4v) is 4.67. The van der Waals surface area contributed by atoms with Gasteiger partial charge in [-0.15, -0.1) is 11.8 Å². The Morgan fingerprint density at radius 3 is 2.43 bits per heavy atom. The summed E-state index contributed by atoms with van der Waals surface area (Å²) in [6.07, 6.45) is 0. The molecule has 2 saturated heterocycles. The zero-order valence-electron chi connectivity index (χ0n) is 16.4. The minimum absolute atomic E-state index is 0.145. The van der Waals surface area contributed by atoms with E-state index in [4.69, 9.17) is 10.00 Å². The average Bonchev–Trinajstić information content (AvgIpc) is 3.30. The standard InChI is InChI=1S/C22H22N4O3S/c23-13-16-1-5-18(6-2-16)24-21(27)20-14-30-15-26(20)22(28)17-3-7-19(8-4-17)25-9-11-29-12-10-25/h1-8,20H,9-12,14-15H2,(H,24,27). The molecule has 2 aromatic carbocycles. The van der Waals surface area contributed by atoms with E-state index in [9.17, 15) is 9.59 Å². The van der Waals surface area contributed by atoms with E-state index in [1.165, 1.54) is 0 Å². The highest BCUT2D eigenvalue weighted by atomic mass is 32.2. The van der Waals surface area contributed by atoms with Crippen molar-refractivity contribution in [3.8, 4) is 6.07 Å². The maximum absolute atomic E-state index is 13.0. The van der Waals surface area contributed by atoms with Crippen LogP contribution in [0.4, 0.5) is 11.4 Å². The predicted molar refractivity (Wildman–Crippen MR) is 117 cm³/mol. The van der Waals surface area contributed by atoms with Crippen LogP contribution in [0.25, 0.3) is 0 Å². The Morgan fingerprint density at radius 1 is 1.07 bits per heavy atom. The summed E-state index contributed by atoms with van der Waals surface area (Å²) in [4.78, 5) is 29.7. The Labute approximate surface area is 179 Å². The highest BCUT2D eigenvalue weighted by Gasteiger charge is 2.35. The summed E-state index contributed by atoms with van der Waals surface area (Å²) < 4.78 is 5.38. The molecule has 2 fully saturated rings. The van der Waals surface area contributed by atoms with Crippen molar-refractivity contribution < 1.29 is 14.3 Å². The molecule has 0 saturated carbocycles. The molecule has 2 aromatic rings. The van der Waals surface area contributed by atoms with Crippen LogP contribution in [-0.4, -0.2) is 60.7 Å². The molecule has 4 rings (SSSR count). The topological polar surface area (TPSA) is 85.7 Å². The highest BCUT2D eigenvalue weighted by molar-refractivity contribution is 7.99. The normalized spacial score (nSPS) is 18.7. The van der Waals surface area contributed by atoms with Gasteiger partial charge in [0.05, 0.1) is 30.7 Å². The van der Waals surface area contributed by atoms with Crippen molar-refractivity contribution in [1.29, 1.82) is 5.26 Å². The molecule has 1 N–H and O–H groups in total. The third-order valence-corrected chi connectivity index (χ3v) is 6.23. The first-order valence-electron chi connectivity index (χ1n) is 9.78. The van der Waals surface area contributed by atoms with E-state index in [1.807, 2.05) is 30.3 Å². The molecule has 0 bridgehead atoms. The Hall–Kier alpha value is -3.02. The van der Waals surface area contributed by atoms with Crippen LogP contribution in [0.3, 0.4) is 0 Å². The Bertz CT molecular complexity index is 950. The summed E-state index contributed by atoms with van der Waals surface area (Å²) >= 11 is 1.56. The number of morpholine rings is 1. The number of amides is 2. The zero-order valence-corrected chi connectivity index (χ0v) is 17.2. The maximum Gasteiger partial charge on any atom is 0.255 e. The Balaban J connectivity index is 1.42. The average molecular weight is 423 g/mol. The van der Waals surface area contributed by atoms with Crippen molar-refractivity contribution in [2.75, 3.05) is 48.1 Å². The lowest BCUT2D eigenvalue weighted by Gasteiger charge is -2.29. The van der Waals surface area contributed by atoms with Gasteiger partial charge in [0, 0.05) is 35.8 Å². The molecule has 0 aliphatic carbocycles. The number of thioether (sulfide) groups is 1. The van der Waals surface area contributed by atoms with Crippen LogP contribution in [0.2, 0.25) is 0 Å². The van der Waals surface area contributed by atoms with Crippen LogP contribution in [0.1, 0.15) is 15.9 Å². The van der Waals surface area contributed by atoms with E-state index in [0.29, 0.717) is 41.7 Å². The summed E-state index contributed by atoms with van der Waals surface area (Å²) in [6.45, 7) is 3.10. The lowest BCUT2D eigenvalue weighted by molar-refractivity contribution is -0.119. The van der Waals surface area contributed by atoms with Crippen molar-refractivity contribution in [2.24, 2.45) is 0 Å². The van der Waals surface area contributed by atoms with Gasteiger partial charge in [-0.25, -0.2) is 0 Å². The number of carbonyl (C=O) groups excluding carboxylic acids is 2. The molecule has 2 amide bonds. The number of hydrogen-bond donors (Lipinski definition) is 1. The third-order valence-electron chi connectivity index (χ3n) is 5.22. The second kappa shape index (κ2) is 9.20. The fraction of sp³-hybridized carbons (Fsp3) is 0.318. The summed E-state index contributed by atoms with van der Waals surface area (Å²) in [7, 11) is 0. The molecule has 2 aliphatic rings. The number of nitrogens with zero attached hydrogens (tertiary/aromatic N) is 3. The van der Waals surface area contributed by atoms with Gasteiger partial charge in [0.2, 0.25) is 5.91 Å². The zero-order chi connectivity index (χ0) is 20.9. The minimum atomic E-state index is -0.530. The van der Waals surface area contributed by atoms with Gasteiger partial charge < -0.3 is 19.9 Å². The summed E-state index contributed by atoms with van der Waals surface area (Å²) in [5.41, 5.74) is 2.78. The molecular weight excluding hydrogens is 400 g/mol. The molecule has 2 aliphatic heterocycles. The lowest BCUT2D eigenvalue weighted by atomic mass is 10.1. The van der Waals surface area contributed by atoms with Gasteiger partial charge in [-0.3, -0.25) is 9.59 Å². The van der Waals surface area contributed by atoms with Gasteiger partial charge in [-0.2, -0.15) is 5.26 Å². The van der Waals surface area contributed by atoms with Crippen LogP contribution >= 0.6 is 11.8 Å². The molecule has 1 unspecified atom stereocenters. The van der Waals surface area contributed by atoms with E-state index >= 15 is 0 Å². The monoisotopic (exact) mass is 422 g/mol. The summed E-state index contributed by atoms with van der Waals surface area (Å²) in [5.74, 6) is 0.673. The first-order valence-corrected chi connectivity index (χ1v) is 10.9. The summed E-state index contributed by atoms with van der Waals surface area (Å²) in [6, 6.07) is 15.8. The molecule has 7 nitrogen and oxygen atoms in total. The van der Waals surface area contributed by atoms with E-state index in [2.05, 4.69) is 10.2 Å². The maximum atomic E-state index is 13.0. The molecule has 1 atom stereocenters. The molecule has 0 spiro atoms. The third kappa shape index (κ3) is 4.42. The highest BCUT2D eigenvalue weighted by Crippen LogP contribution is 2.25. The number of nitriles is 1. The minimum Gasteiger partial charge on any atom is -0.378 e. The van der Waals surface area contributed by atoms with Gasteiger partial charge in [0.1, 0.15) is 6.04 Å². The number of hydrogen-bond acceptors (Lipinski definition) is 6. The number of anilines is 2. The van der Waals surface area contributed by atoms with Gasteiger partial charge in [-0.05, 0) is 48.5 Å². The number of rotatable bonds is 4. The molecule has 2 heterocycles. The number of ether oxygens (including phenoxy) is 1. The second-order valence-electron chi connectivity index (χ2n) is 7.12. The Morgan fingerprint density at radius 2 is 1.77 bits per heavy atom. The molecule has 30 heavy (non-hydrogen) atoms. The Kier molecular flexibility index (Phi) is 6.21. The van der Waals surface area contributed by atoms with Crippen molar-refractivity contribution in [2.45, 2.75) is 6.04 Å². The van der Waals surface area contributed by atoms with Crippen molar-refractivity contribution in [3.05, 3.63) is 59.7 Å². The largest absolute Gasteiger partial charge is 0.378 e. The van der Waals surface area contributed by atoms with Gasteiger partial charge >= 0.3 is 0 Å². The van der Waals surface area contributed by atoms with Crippen LogP contribution in [0, 0.1) is 11.3 Å². The summed E-state index contributed by atoms with van der Waals surface area (Å²) in [5, 5.41) is 11.7. The van der Waals surface area contributed by atoms with Crippen molar-refractivity contribution >= 4 is 35.0 Å². The van der Waals surface area contributed by atoms with Crippen molar-refractivity contribution in [3.63, 3.8) is 0 Å². The van der Waals surface area contributed by atoms with Gasteiger partial charge in [-0.1, -0.05) is 0 Å². The molecular formula is C22H22N4O3S. The van der Waals surface area contributed by atoms with Gasteiger partial charge in [0.15, 0.2) is 0 Å². The SMILES string of the molecule is N#Cc1ccc(NC(=O)C2CSCN2C(=O)c2ccc(N3CCOCC3)cc2)cc1. The van der Waals surface area contributed by atoms with Crippen LogP contribution in [0.15, 0.2) is 48.5 Å². The smallest absolute Gasteiger partial charge is 0.255 e. The number of nitrogens with one attached hydrogen (secondary N) is 1. The first kappa shape index (κ1) is 20.3. The van der Waals surface area contributed by atoms with Gasteiger partial charge in [0.25, 0.3) is 5.91 Å².